The number of rotatable bonds is 4. The fourth-order valence-corrected chi connectivity index (χ4v) is 5.28. The Labute approximate surface area is 160 Å². The van der Waals surface area contributed by atoms with Gasteiger partial charge in [0.1, 0.15) is 17.9 Å². The quantitative estimate of drug-likeness (QED) is 0.798. The molecule has 2 aliphatic rings. The molecule has 0 amide bonds. The van der Waals surface area contributed by atoms with Crippen LogP contribution in [0.5, 0.6) is 5.75 Å². The molecule has 1 saturated heterocycles. The highest BCUT2D eigenvalue weighted by Gasteiger charge is 2.32. The van der Waals surface area contributed by atoms with Gasteiger partial charge in [0.2, 0.25) is 10.0 Å². The number of anilines is 1. The first kappa shape index (κ1) is 18.2. The molecule has 1 fully saturated rings. The zero-order valence-corrected chi connectivity index (χ0v) is 16.4. The molecule has 1 aromatic carbocycles. The van der Waals surface area contributed by atoms with Crippen LogP contribution >= 0.6 is 0 Å². The molecule has 7 nitrogen and oxygen atoms in total. The van der Waals surface area contributed by atoms with Gasteiger partial charge in [-0.1, -0.05) is 0 Å². The first-order valence-corrected chi connectivity index (χ1v) is 10.7. The molecule has 2 aromatic rings. The van der Waals surface area contributed by atoms with Gasteiger partial charge >= 0.3 is 0 Å². The summed E-state index contributed by atoms with van der Waals surface area (Å²) in [4.78, 5) is 11.0. The van der Waals surface area contributed by atoms with E-state index in [2.05, 4.69) is 14.9 Å². The van der Waals surface area contributed by atoms with Crippen LogP contribution in [0, 0.1) is 6.92 Å². The van der Waals surface area contributed by atoms with Crippen LogP contribution in [-0.2, 0) is 16.4 Å². The number of benzene rings is 1. The van der Waals surface area contributed by atoms with Crippen molar-refractivity contribution in [3.63, 3.8) is 0 Å². The van der Waals surface area contributed by atoms with Crippen LogP contribution in [-0.4, -0.2) is 55.5 Å². The van der Waals surface area contributed by atoms with Gasteiger partial charge in [0.15, 0.2) is 0 Å². The maximum atomic E-state index is 13.0. The highest BCUT2D eigenvalue weighted by atomic mass is 32.2. The van der Waals surface area contributed by atoms with Crippen molar-refractivity contribution in [1.82, 2.24) is 14.3 Å². The molecule has 0 radical (unpaired) electrons. The first-order valence-electron chi connectivity index (χ1n) is 9.22. The average molecular weight is 388 g/mol. The monoisotopic (exact) mass is 388 g/mol. The summed E-state index contributed by atoms with van der Waals surface area (Å²) in [7, 11) is -1.46. The van der Waals surface area contributed by atoms with E-state index in [0.29, 0.717) is 24.6 Å². The van der Waals surface area contributed by atoms with Crippen LogP contribution in [0.1, 0.15) is 24.1 Å². The molecule has 0 atom stereocenters. The predicted octanol–water partition coefficient (Wildman–Crippen LogP) is 2.01. The molecule has 0 N–H and O–H groups in total. The summed E-state index contributed by atoms with van der Waals surface area (Å²) in [6, 6.07) is 7.41. The SMILES string of the molecule is Cc1cc(N(C)C2CCN(S(=O)(=O)c3ccc4c(c3)CCO4)CC2)ncn1. The minimum Gasteiger partial charge on any atom is -0.493 e. The second-order valence-electron chi connectivity index (χ2n) is 7.13. The molecular weight excluding hydrogens is 364 g/mol. The Morgan fingerprint density at radius 3 is 2.70 bits per heavy atom. The van der Waals surface area contributed by atoms with Crippen LogP contribution in [0.3, 0.4) is 0 Å². The van der Waals surface area contributed by atoms with Crippen molar-refractivity contribution >= 4 is 15.8 Å². The Morgan fingerprint density at radius 1 is 1.19 bits per heavy atom. The number of ether oxygens (including phenoxy) is 1. The lowest BCUT2D eigenvalue weighted by Gasteiger charge is -2.36. The summed E-state index contributed by atoms with van der Waals surface area (Å²) in [6.07, 6.45) is 3.88. The molecule has 0 spiro atoms. The van der Waals surface area contributed by atoms with Gasteiger partial charge in [-0.15, -0.1) is 0 Å². The lowest BCUT2D eigenvalue weighted by molar-refractivity contribution is 0.314. The van der Waals surface area contributed by atoms with Gasteiger partial charge in [-0.25, -0.2) is 18.4 Å². The number of hydrogen-bond acceptors (Lipinski definition) is 6. The number of hydrogen-bond donors (Lipinski definition) is 0. The molecule has 1 aromatic heterocycles. The molecule has 0 bridgehead atoms. The Balaban J connectivity index is 1.45. The Kier molecular flexibility index (Phi) is 4.77. The smallest absolute Gasteiger partial charge is 0.243 e. The van der Waals surface area contributed by atoms with Crippen molar-refractivity contribution in [2.24, 2.45) is 0 Å². The summed E-state index contributed by atoms with van der Waals surface area (Å²) in [6.45, 7) is 3.58. The zero-order valence-electron chi connectivity index (χ0n) is 15.6. The third-order valence-electron chi connectivity index (χ3n) is 5.42. The molecular formula is C19H24N4O3S. The van der Waals surface area contributed by atoms with Gasteiger partial charge in [-0.3, -0.25) is 0 Å². The molecule has 4 rings (SSSR count). The predicted molar refractivity (Wildman–Crippen MR) is 103 cm³/mol. The number of nitrogens with zero attached hydrogens (tertiary/aromatic N) is 4. The zero-order chi connectivity index (χ0) is 19.0. The van der Waals surface area contributed by atoms with Gasteiger partial charge in [-0.05, 0) is 43.5 Å². The lowest BCUT2D eigenvalue weighted by Crippen LogP contribution is -2.45. The number of aryl methyl sites for hydroxylation is 1. The summed E-state index contributed by atoms with van der Waals surface area (Å²) in [5, 5.41) is 0. The van der Waals surface area contributed by atoms with E-state index in [-0.39, 0.29) is 6.04 Å². The van der Waals surface area contributed by atoms with Gasteiger partial charge in [0.25, 0.3) is 0 Å². The molecule has 0 aliphatic carbocycles. The fourth-order valence-electron chi connectivity index (χ4n) is 3.76. The fraction of sp³-hybridized carbons (Fsp3) is 0.474. The van der Waals surface area contributed by atoms with E-state index >= 15 is 0 Å². The van der Waals surface area contributed by atoms with Gasteiger partial charge < -0.3 is 9.64 Å². The summed E-state index contributed by atoms with van der Waals surface area (Å²) < 4.78 is 33.1. The third kappa shape index (κ3) is 3.51. The minimum atomic E-state index is -3.47. The van der Waals surface area contributed by atoms with E-state index < -0.39 is 10.0 Å². The van der Waals surface area contributed by atoms with Gasteiger partial charge in [-0.2, -0.15) is 4.31 Å². The Hall–Kier alpha value is -2.19. The summed E-state index contributed by atoms with van der Waals surface area (Å²) in [5.41, 5.74) is 1.90. The Morgan fingerprint density at radius 2 is 1.96 bits per heavy atom. The number of piperidine rings is 1. The average Bonchev–Trinajstić information content (AvgIpc) is 3.15. The molecule has 144 valence electrons. The highest BCUT2D eigenvalue weighted by Crippen LogP contribution is 2.30. The summed E-state index contributed by atoms with van der Waals surface area (Å²) >= 11 is 0. The molecule has 2 aliphatic heterocycles. The molecule has 3 heterocycles. The van der Waals surface area contributed by atoms with Crippen molar-refractivity contribution in [3.8, 4) is 5.75 Å². The second kappa shape index (κ2) is 7.09. The normalized spacial score (nSPS) is 18.1. The maximum Gasteiger partial charge on any atom is 0.243 e. The topological polar surface area (TPSA) is 75.6 Å². The molecule has 0 unspecified atom stereocenters. The molecule has 27 heavy (non-hydrogen) atoms. The lowest BCUT2D eigenvalue weighted by atomic mass is 10.1. The molecule has 0 saturated carbocycles. The van der Waals surface area contributed by atoms with E-state index in [4.69, 9.17) is 4.74 Å². The van der Waals surface area contributed by atoms with Crippen LogP contribution in [0.25, 0.3) is 0 Å². The van der Waals surface area contributed by atoms with Crippen molar-refractivity contribution in [2.45, 2.75) is 37.1 Å². The largest absolute Gasteiger partial charge is 0.493 e. The van der Waals surface area contributed by atoms with Gasteiger partial charge in [0, 0.05) is 44.4 Å². The third-order valence-corrected chi connectivity index (χ3v) is 7.32. The standard InChI is InChI=1S/C19H24N4O3S/c1-14-11-19(21-13-20-14)22(2)16-5-8-23(9-6-16)27(24,25)17-3-4-18-15(12-17)7-10-26-18/h3-4,11-13,16H,5-10H2,1-2H3. The van der Waals surface area contributed by atoms with Gasteiger partial charge in [0.05, 0.1) is 11.5 Å². The first-order chi connectivity index (χ1) is 12.9. The Bertz CT molecular complexity index is 940. The van der Waals surface area contributed by atoms with Crippen LogP contribution in [0.15, 0.2) is 35.5 Å². The van der Waals surface area contributed by atoms with Crippen LogP contribution < -0.4 is 9.64 Å². The van der Waals surface area contributed by atoms with Crippen LogP contribution in [0.2, 0.25) is 0 Å². The number of sulfonamides is 1. The maximum absolute atomic E-state index is 13.0. The highest BCUT2D eigenvalue weighted by molar-refractivity contribution is 7.89. The van der Waals surface area contributed by atoms with Crippen LogP contribution in [0.4, 0.5) is 5.82 Å². The van der Waals surface area contributed by atoms with Crippen molar-refractivity contribution in [2.75, 3.05) is 31.6 Å². The second-order valence-corrected chi connectivity index (χ2v) is 9.07. The van der Waals surface area contributed by atoms with E-state index in [1.165, 1.54) is 0 Å². The van der Waals surface area contributed by atoms with E-state index in [1.807, 2.05) is 20.0 Å². The van der Waals surface area contributed by atoms with Crippen molar-refractivity contribution < 1.29 is 13.2 Å². The summed E-state index contributed by atoms with van der Waals surface area (Å²) in [5.74, 6) is 1.68. The van der Waals surface area contributed by atoms with E-state index in [1.54, 1.807) is 28.8 Å². The number of fused-ring (bicyclic) bond motifs is 1. The van der Waals surface area contributed by atoms with Crippen molar-refractivity contribution in [3.05, 3.63) is 41.9 Å². The molecule has 8 heteroatoms. The van der Waals surface area contributed by atoms with Crippen molar-refractivity contribution in [1.29, 1.82) is 0 Å². The minimum absolute atomic E-state index is 0.263. The van der Waals surface area contributed by atoms with E-state index in [0.717, 1.165) is 42.1 Å². The number of aromatic nitrogens is 2. The van der Waals surface area contributed by atoms with E-state index in [9.17, 15) is 8.42 Å².